The molecule has 5 aromatic rings. The molecular formula is C43H29F13N4Si. The van der Waals surface area contributed by atoms with Crippen molar-refractivity contribution in [3.8, 4) is 33.7 Å². The quantitative estimate of drug-likeness (QED) is 0.0952. The van der Waals surface area contributed by atoms with Crippen LogP contribution in [0.2, 0.25) is 19.6 Å². The number of hydrogen-bond acceptors (Lipinski definition) is 2. The Morgan fingerprint density at radius 3 is 1.46 bits per heavy atom. The van der Waals surface area contributed by atoms with Crippen LogP contribution in [0.15, 0.2) is 84.9 Å². The predicted octanol–water partition coefficient (Wildman–Crippen LogP) is 13.4. The van der Waals surface area contributed by atoms with Crippen LogP contribution in [0.5, 0.6) is 0 Å². The van der Waals surface area contributed by atoms with E-state index in [-0.39, 0.29) is 33.5 Å². The van der Waals surface area contributed by atoms with Gasteiger partial charge in [0.2, 0.25) is 0 Å². The van der Waals surface area contributed by atoms with Crippen LogP contribution in [-0.4, -0.2) is 57.9 Å². The normalized spacial score (nSPS) is 14.0. The Bertz CT molecular complexity index is 2820. The SMILES string of the molecule is C[Si](C)(C)C#Cc1cc2[nH]c1cc1ccc([nH]1)c(-c1ccccc1)c1nc(c(C(F)(F)C(F)(F)C(F)(F)C(F)(F)C(F)(F)C(F)(F)F)c3nc(c2-c2ccccc2)C=C3)C=C1. The highest BCUT2D eigenvalue weighted by atomic mass is 28.3. The fourth-order valence-electron chi connectivity index (χ4n) is 6.63. The molecule has 0 saturated carbocycles. The Balaban J connectivity index is 1.66. The van der Waals surface area contributed by atoms with E-state index in [1.54, 1.807) is 84.9 Å². The van der Waals surface area contributed by atoms with Crippen LogP contribution in [-0.2, 0) is 5.92 Å². The number of aromatic nitrogens is 4. The number of alkyl halides is 13. The Hall–Kier alpha value is -6.09. The lowest BCUT2D eigenvalue weighted by Crippen LogP contribution is -2.69. The molecular weight excluding hydrogens is 848 g/mol. The van der Waals surface area contributed by atoms with Crippen molar-refractivity contribution >= 4 is 54.4 Å². The van der Waals surface area contributed by atoms with E-state index >= 15 is 26.3 Å². The van der Waals surface area contributed by atoms with Crippen molar-refractivity contribution in [2.45, 2.75) is 55.4 Å². The third-order valence-corrected chi connectivity index (χ3v) is 10.5. The van der Waals surface area contributed by atoms with Gasteiger partial charge in [-0.15, -0.1) is 5.54 Å². The minimum absolute atomic E-state index is 0.119. The number of nitrogens with zero attached hydrogens (tertiary/aromatic N) is 2. The molecule has 0 fully saturated rings. The molecule has 316 valence electrons. The summed E-state index contributed by atoms with van der Waals surface area (Å²) in [6.45, 7) is 6.01. The molecule has 2 N–H and O–H groups in total. The zero-order valence-electron chi connectivity index (χ0n) is 31.7. The van der Waals surface area contributed by atoms with E-state index in [1.165, 1.54) is 0 Å². The maximum Gasteiger partial charge on any atom is 0.460 e. The number of halogens is 13. The number of nitrogens with one attached hydrogen (secondary N) is 2. The molecule has 18 heteroatoms. The van der Waals surface area contributed by atoms with Crippen LogP contribution in [0.3, 0.4) is 0 Å². The summed E-state index contributed by atoms with van der Waals surface area (Å²) in [5.74, 6) is -35.2. The number of benzene rings is 2. The number of hydrogen-bond donors (Lipinski definition) is 2. The molecule has 4 nitrogen and oxygen atoms in total. The second-order valence-corrected chi connectivity index (χ2v) is 19.9. The van der Waals surface area contributed by atoms with Gasteiger partial charge in [0, 0.05) is 33.2 Å². The molecule has 0 unspecified atom stereocenters. The van der Waals surface area contributed by atoms with Gasteiger partial charge in [0.15, 0.2) is 0 Å². The second kappa shape index (κ2) is 14.5. The Morgan fingerprint density at radius 1 is 0.492 bits per heavy atom. The molecule has 0 amide bonds. The standard InChI is InChI=1S/C43H29F13N4Si/c1-61(2,3)21-20-26-22-34-36(25-12-8-5-9-13-25)30-17-19-32(59-30)37(38(44,45)39(46,47)40(48,49)41(50,51)42(52,53)43(54,55)56)31-18-16-29(58-31)35(24-10-6-4-7-11-24)28-15-14-27(57-28)23-33(26)60-34/h4-19,22-23,57,60H,1-3H3. The van der Waals surface area contributed by atoms with Gasteiger partial charge in [0.1, 0.15) is 8.07 Å². The number of aromatic amines is 2. The lowest BCUT2D eigenvalue weighted by atomic mass is 9.89. The summed E-state index contributed by atoms with van der Waals surface area (Å²) in [6.07, 6.45) is -4.21. The molecule has 2 aliphatic heterocycles. The van der Waals surface area contributed by atoms with Crippen molar-refractivity contribution in [3.63, 3.8) is 0 Å². The summed E-state index contributed by atoms with van der Waals surface area (Å²) < 4.78 is 191. The van der Waals surface area contributed by atoms with Crippen molar-refractivity contribution in [1.82, 2.24) is 19.9 Å². The van der Waals surface area contributed by atoms with Gasteiger partial charge in [-0.05, 0) is 59.7 Å². The summed E-state index contributed by atoms with van der Waals surface area (Å²) >= 11 is 0. The summed E-state index contributed by atoms with van der Waals surface area (Å²) in [6, 6.07) is 22.5. The van der Waals surface area contributed by atoms with Crippen LogP contribution < -0.4 is 0 Å². The van der Waals surface area contributed by atoms with Crippen LogP contribution in [0.4, 0.5) is 57.1 Å². The van der Waals surface area contributed by atoms with Gasteiger partial charge in [-0.2, -0.15) is 57.1 Å². The lowest BCUT2D eigenvalue weighted by Gasteiger charge is -2.40. The van der Waals surface area contributed by atoms with Crippen molar-refractivity contribution in [3.05, 3.63) is 119 Å². The molecule has 3 aromatic heterocycles. The van der Waals surface area contributed by atoms with E-state index in [4.69, 9.17) is 0 Å². The van der Waals surface area contributed by atoms with E-state index in [9.17, 15) is 30.7 Å². The first-order chi connectivity index (χ1) is 28.3. The summed E-state index contributed by atoms with van der Waals surface area (Å²) in [5.41, 5.74) is 0.785. The van der Waals surface area contributed by atoms with Gasteiger partial charge in [0.25, 0.3) is 0 Å². The Morgan fingerprint density at radius 2 is 0.967 bits per heavy atom. The summed E-state index contributed by atoms with van der Waals surface area (Å²) in [5, 5.41) is 0. The molecule has 7 rings (SSSR count). The molecule has 0 radical (unpaired) electrons. The van der Waals surface area contributed by atoms with Gasteiger partial charge < -0.3 is 9.97 Å². The Labute approximate surface area is 338 Å². The predicted molar refractivity (Wildman–Crippen MR) is 210 cm³/mol. The molecule has 2 aliphatic rings. The highest BCUT2D eigenvalue weighted by Crippen LogP contribution is 2.62. The monoisotopic (exact) mass is 876 g/mol. The minimum Gasteiger partial charge on any atom is -0.355 e. The van der Waals surface area contributed by atoms with Crippen LogP contribution in [0, 0.1) is 11.5 Å². The second-order valence-electron chi connectivity index (χ2n) is 15.1. The maximum atomic E-state index is 16.6. The van der Waals surface area contributed by atoms with Gasteiger partial charge in [-0.1, -0.05) is 86.2 Å². The lowest BCUT2D eigenvalue weighted by molar-refractivity contribution is -0.441. The van der Waals surface area contributed by atoms with Crippen molar-refractivity contribution in [2.24, 2.45) is 0 Å². The first-order valence-electron chi connectivity index (χ1n) is 18.1. The minimum atomic E-state index is -8.11. The molecule has 5 heterocycles. The van der Waals surface area contributed by atoms with Gasteiger partial charge in [0.05, 0.1) is 33.9 Å². The summed E-state index contributed by atoms with van der Waals surface area (Å²) in [4.78, 5) is 14.6. The fraction of sp³-hybridized carbons (Fsp3) is 0.209. The Kier molecular flexibility index (Phi) is 10.2. The first-order valence-corrected chi connectivity index (χ1v) is 21.6. The molecule has 0 atom stereocenters. The average Bonchev–Trinajstić information content (AvgIpc) is 4.01. The van der Waals surface area contributed by atoms with Crippen LogP contribution >= 0.6 is 0 Å². The van der Waals surface area contributed by atoms with E-state index in [0.29, 0.717) is 39.9 Å². The molecule has 0 aliphatic carbocycles. The highest BCUT2D eigenvalue weighted by Gasteiger charge is 2.91. The fourth-order valence-corrected chi connectivity index (χ4v) is 7.14. The van der Waals surface area contributed by atoms with Crippen LogP contribution in [0.1, 0.15) is 33.9 Å². The van der Waals surface area contributed by atoms with Gasteiger partial charge in [-0.3, -0.25) is 0 Å². The maximum absolute atomic E-state index is 16.6. The van der Waals surface area contributed by atoms with Crippen molar-refractivity contribution in [1.29, 1.82) is 0 Å². The van der Waals surface area contributed by atoms with Crippen molar-refractivity contribution in [2.75, 3.05) is 0 Å². The third-order valence-electron chi connectivity index (χ3n) is 9.64. The molecule has 2 aromatic carbocycles. The van der Waals surface area contributed by atoms with Gasteiger partial charge >= 0.3 is 35.8 Å². The molecule has 61 heavy (non-hydrogen) atoms. The molecule has 0 spiro atoms. The molecule has 8 bridgehead atoms. The van der Waals surface area contributed by atoms with E-state index in [2.05, 4.69) is 31.4 Å². The van der Waals surface area contributed by atoms with Crippen LogP contribution in [0.25, 0.3) is 68.6 Å². The van der Waals surface area contributed by atoms with E-state index in [1.807, 2.05) is 19.6 Å². The zero-order chi connectivity index (χ0) is 44.6. The largest absolute Gasteiger partial charge is 0.460 e. The van der Waals surface area contributed by atoms with E-state index < -0.39 is 60.8 Å². The molecule has 0 saturated heterocycles. The number of H-pyrrole nitrogens is 2. The first kappa shape index (κ1) is 43.0. The van der Waals surface area contributed by atoms with E-state index in [0.717, 1.165) is 12.2 Å². The number of fused-ring (bicyclic) bond motifs is 8. The van der Waals surface area contributed by atoms with Gasteiger partial charge in [-0.25, -0.2) is 9.97 Å². The zero-order valence-corrected chi connectivity index (χ0v) is 32.7. The topological polar surface area (TPSA) is 57.4 Å². The van der Waals surface area contributed by atoms with Crippen molar-refractivity contribution < 1.29 is 57.1 Å². The number of rotatable bonds is 7. The smallest absolute Gasteiger partial charge is 0.355 e. The average molecular weight is 877 g/mol. The highest BCUT2D eigenvalue weighted by molar-refractivity contribution is 6.83. The third kappa shape index (κ3) is 7.21. The summed E-state index contributed by atoms with van der Waals surface area (Å²) in [7, 11) is -2.02.